The van der Waals surface area contributed by atoms with Crippen molar-refractivity contribution in [3.8, 4) is 0 Å². The van der Waals surface area contributed by atoms with Crippen molar-refractivity contribution in [1.29, 1.82) is 0 Å². The highest BCUT2D eigenvalue weighted by Gasteiger charge is 2.09. The molecule has 0 atom stereocenters. The van der Waals surface area contributed by atoms with Crippen LogP contribution in [0.2, 0.25) is 0 Å². The molecule has 1 aromatic heterocycles. The lowest BCUT2D eigenvalue weighted by atomic mass is 10.1. The maximum Gasteiger partial charge on any atom is 0.277 e. The highest BCUT2D eigenvalue weighted by molar-refractivity contribution is 5.93. The van der Waals surface area contributed by atoms with Crippen molar-refractivity contribution in [2.24, 2.45) is 5.92 Å². The zero-order chi connectivity index (χ0) is 19.2. The normalized spacial score (nSPS) is 11.1. The largest absolute Gasteiger partial charge is 0.326 e. The molecule has 0 saturated heterocycles. The molecular weight excluding hydrogens is 340 g/mol. The Morgan fingerprint density at radius 1 is 1.15 bits per heavy atom. The molecule has 2 aromatic carbocycles. The number of nitrogens with one attached hydrogen (secondary N) is 1. The van der Waals surface area contributed by atoms with Crippen LogP contribution >= 0.6 is 0 Å². The van der Waals surface area contributed by atoms with Gasteiger partial charge in [-0.05, 0) is 42.5 Å². The summed E-state index contributed by atoms with van der Waals surface area (Å²) in [5.41, 5.74) is 2.17. The fourth-order valence-corrected chi connectivity index (χ4v) is 2.94. The maximum absolute atomic E-state index is 12.6. The van der Waals surface area contributed by atoms with E-state index in [0.29, 0.717) is 35.5 Å². The van der Waals surface area contributed by atoms with Crippen LogP contribution in [0.25, 0.3) is 10.9 Å². The number of carbonyl (C=O) groups excluding carboxylic acids is 1. The fourth-order valence-electron chi connectivity index (χ4n) is 2.94. The first-order valence-electron chi connectivity index (χ1n) is 9.24. The van der Waals surface area contributed by atoms with Gasteiger partial charge in [0.15, 0.2) is 0 Å². The average molecular weight is 364 g/mol. The number of rotatable bonds is 7. The van der Waals surface area contributed by atoms with Gasteiger partial charge in [-0.15, -0.1) is 5.10 Å². The number of aryl methyl sites for hydroxylation is 1. The number of amides is 1. The van der Waals surface area contributed by atoms with E-state index < -0.39 is 0 Å². The van der Waals surface area contributed by atoms with Gasteiger partial charge in [0.25, 0.3) is 5.56 Å². The van der Waals surface area contributed by atoms with Gasteiger partial charge in [-0.3, -0.25) is 9.59 Å². The quantitative estimate of drug-likeness (QED) is 0.697. The number of benzene rings is 2. The number of anilines is 1. The van der Waals surface area contributed by atoms with Crippen molar-refractivity contribution >= 4 is 22.5 Å². The van der Waals surface area contributed by atoms with E-state index in [2.05, 4.69) is 27.8 Å². The summed E-state index contributed by atoms with van der Waals surface area (Å²) in [6.07, 6.45) is 2.07. The lowest BCUT2D eigenvalue weighted by molar-refractivity contribution is -0.116. The van der Waals surface area contributed by atoms with Crippen LogP contribution in [0.1, 0.15) is 32.3 Å². The molecule has 0 bridgehead atoms. The Bertz CT molecular complexity index is 980. The molecule has 27 heavy (non-hydrogen) atoms. The third kappa shape index (κ3) is 5.00. The van der Waals surface area contributed by atoms with Crippen LogP contribution in [0.15, 0.2) is 53.3 Å². The Kier molecular flexibility index (Phi) is 5.96. The highest BCUT2D eigenvalue weighted by atomic mass is 16.1. The first-order valence-corrected chi connectivity index (χ1v) is 9.24. The van der Waals surface area contributed by atoms with Crippen LogP contribution in [-0.2, 0) is 17.8 Å². The summed E-state index contributed by atoms with van der Waals surface area (Å²) >= 11 is 0. The molecule has 0 saturated carbocycles. The molecule has 1 N–H and O–H groups in total. The molecule has 0 spiro atoms. The number of hydrogen-bond donors (Lipinski definition) is 1. The second-order valence-corrected chi connectivity index (χ2v) is 7.09. The second kappa shape index (κ2) is 8.58. The van der Waals surface area contributed by atoms with E-state index in [1.807, 2.05) is 32.0 Å². The third-order valence-electron chi connectivity index (χ3n) is 4.26. The number of nitrogens with zero attached hydrogens (tertiary/aromatic N) is 3. The Balaban J connectivity index is 1.66. The van der Waals surface area contributed by atoms with Gasteiger partial charge in [0.1, 0.15) is 5.52 Å². The van der Waals surface area contributed by atoms with Crippen molar-refractivity contribution in [3.63, 3.8) is 0 Å². The van der Waals surface area contributed by atoms with Gasteiger partial charge >= 0.3 is 0 Å². The van der Waals surface area contributed by atoms with E-state index in [9.17, 15) is 9.59 Å². The van der Waals surface area contributed by atoms with Crippen molar-refractivity contribution in [2.75, 3.05) is 5.32 Å². The van der Waals surface area contributed by atoms with Crippen molar-refractivity contribution in [3.05, 3.63) is 64.4 Å². The van der Waals surface area contributed by atoms with Crippen molar-refractivity contribution in [1.82, 2.24) is 15.0 Å². The van der Waals surface area contributed by atoms with Gasteiger partial charge in [0, 0.05) is 18.7 Å². The predicted octanol–water partition coefficient (Wildman–Crippen LogP) is 3.41. The molecule has 0 fully saturated rings. The Morgan fingerprint density at radius 2 is 1.93 bits per heavy atom. The van der Waals surface area contributed by atoms with Gasteiger partial charge in [-0.25, -0.2) is 4.68 Å². The molecule has 140 valence electrons. The van der Waals surface area contributed by atoms with Crippen LogP contribution in [0, 0.1) is 5.92 Å². The first kappa shape index (κ1) is 18.8. The summed E-state index contributed by atoms with van der Waals surface area (Å²) in [5, 5.41) is 11.4. The van der Waals surface area contributed by atoms with E-state index in [0.717, 1.165) is 12.8 Å². The lowest BCUT2D eigenvalue weighted by Crippen LogP contribution is -2.26. The Hall–Kier alpha value is -3.02. The van der Waals surface area contributed by atoms with E-state index in [4.69, 9.17) is 0 Å². The molecule has 6 nitrogen and oxygen atoms in total. The standard InChI is InChI=1S/C21H24N4O2/c1-15(2)14-25-21(27)18-13-17(11-12-19(18)23-24-25)22-20(26)10-6-9-16-7-4-3-5-8-16/h3-5,7-8,11-13,15H,6,9-10,14H2,1-2H3,(H,22,26). The molecular formula is C21H24N4O2. The lowest BCUT2D eigenvalue weighted by Gasteiger charge is -2.09. The molecule has 0 aliphatic rings. The summed E-state index contributed by atoms with van der Waals surface area (Å²) in [6.45, 7) is 4.55. The van der Waals surface area contributed by atoms with Gasteiger partial charge < -0.3 is 5.32 Å². The zero-order valence-corrected chi connectivity index (χ0v) is 15.7. The van der Waals surface area contributed by atoms with E-state index in [1.54, 1.807) is 18.2 Å². The van der Waals surface area contributed by atoms with Gasteiger partial charge in [-0.1, -0.05) is 49.4 Å². The van der Waals surface area contributed by atoms with Crippen LogP contribution in [0.3, 0.4) is 0 Å². The number of fused-ring (bicyclic) bond motifs is 1. The molecule has 1 heterocycles. The van der Waals surface area contributed by atoms with Gasteiger partial charge in [0.05, 0.1) is 5.39 Å². The summed E-state index contributed by atoms with van der Waals surface area (Å²) < 4.78 is 1.37. The molecule has 0 aliphatic carbocycles. The zero-order valence-electron chi connectivity index (χ0n) is 15.7. The maximum atomic E-state index is 12.6. The van der Waals surface area contributed by atoms with Gasteiger partial charge in [-0.2, -0.15) is 0 Å². The predicted molar refractivity (Wildman–Crippen MR) is 107 cm³/mol. The molecule has 0 radical (unpaired) electrons. The third-order valence-corrected chi connectivity index (χ3v) is 4.26. The molecule has 3 aromatic rings. The summed E-state index contributed by atoms with van der Waals surface area (Å²) in [5.74, 6) is 0.233. The van der Waals surface area contributed by atoms with Gasteiger partial charge in [0.2, 0.25) is 5.91 Å². The summed E-state index contributed by atoms with van der Waals surface area (Å²) in [4.78, 5) is 24.8. The molecule has 6 heteroatoms. The minimum atomic E-state index is -0.186. The SMILES string of the molecule is CC(C)Cn1nnc2ccc(NC(=O)CCCc3ccccc3)cc2c1=O. The second-order valence-electron chi connectivity index (χ2n) is 7.09. The average Bonchev–Trinajstić information content (AvgIpc) is 2.65. The Labute approximate surface area is 158 Å². The van der Waals surface area contributed by atoms with Crippen LogP contribution < -0.4 is 10.9 Å². The monoisotopic (exact) mass is 364 g/mol. The number of carbonyl (C=O) groups is 1. The molecule has 3 rings (SSSR count). The van der Waals surface area contributed by atoms with E-state index in [-0.39, 0.29) is 11.5 Å². The summed E-state index contributed by atoms with van der Waals surface area (Å²) in [7, 11) is 0. The van der Waals surface area contributed by atoms with Crippen LogP contribution in [-0.4, -0.2) is 20.9 Å². The first-order chi connectivity index (χ1) is 13.0. The number of hydrogen-bond acceptors (Lipinski definition) is 4. The molecule has 0 unspecified atom stereocenters. The molecule has 1 amide bonds. The summed E-state index contributed by atoms with van der Waals surface area (Å²) in [6, 6.07) is 15.2. The Morgan fingerprint density at radius 3 is 2.67 bits per heavy atom. The minimum absolute atomic E-state index is 0.0604. The molecule has 0 aliphatic heterocycles. The van der Waals surface area contributed by atoms with Crippen LogP contribution in [0.4, 0.5) is 5.69 Å². The van der Waals surface area contributed by atoms with E-state index >= 15 is 0 Å². The van der Waals surface area contributed by atoms with Crippen molar-refractivity contribution in [2.45, 2.75) is 39.7 Å². The fraction of sp³-hybridized carbons (Fsp3) is 0.333. The topological polar surface area (TPSA) is 76.9 Å². The van der Waals surface area contributed by atoms with Crippen molar-refractivity contribution < 1.29 is 4.79 Å². The number of aromatic nitrogens is 3. The van der Waals surface area contributed by atoms with Crippen LogP contribution in [0.5, 0.6) is 0 Å². The van der Waals surface area contributed by atoms with E-state index in [1.165, 1.54) is 10.2 Å². The smallest absolute Gasteiger partial charge is 0.277 e. The minimum Gasteiger partial charge on any atom is -0.326 e. The highest BCUT2D eigenvalue weighted by Crippen LogP contribution is 2.15.